The third-order valence-electron chi connectivity index (χ3n) is 3.78. The number of carbonyl (C=O) groups is 3. The summed E-state index contributed by atoms with van der Waals surface area (Å²) in [6.45, 7) is 1.57. The van der Waals surface area contributed by atoms with E-state index in [-0.39, 0.29) is 0 Å². The zero-order valence-electron chi connectivity index (χ0n) is 15.6. The molecule has 0 aromatic heterocycles. The molecule has 0 fully saturated rings. The first-order valence-electron chi connectivity index (χ1n) is 8.49. The molecule has 0 bridgehead atoms. The van der Waals surface area contributed by atoms with Gasteiger partial charge in [0.2, 0.25) is 0 Å². The van der Waals surface area contributed by atoms with E-state index in [1.54, 1.807) is 55.5 Å². The summed E-state index contributed by atoms with van der Waals surface area (Å²) in [7, 11) is 1.23. The predicted octanol–water partition coefficient (Wildman–Crippen LogP) is 4.71. The van der Waals surface area contributed by atoms with Crippen molar-refractivity contribution >= 4 is 49.8 Å². The number of hydrogen-bond acceptors (Lipinski definition) is 6. The van der Waals surface area contributed by atoms with Gasteiger partial charge in [-0.05, 0) is 61.5 Å². The van der Waals surface area contributed by atoms with Crippen LogP contribution in [-0.4, -0.2) is 37.2 Å². The first-order chi connectivity index (χ1) is 13.8. The lowest BCUT2D eigenvalue weighted by Gasteiger charge is -2.22. The molecule has 152 valence electrons. The molecular formula is C21H18Br2O6. The SMILES string of the molecule is COC(=O)/C=C/[C@@H](OC(=O)c1ccc(Br)cc1)[C@H](C)OC(=O)c1ccc(Br)cc1. The lowest BCUT2D eigenvalue weighted by molar-refractivity contribution is -0.134. The van der Waals surface area contributed by atoms with Crippen molar-refractivity contribution in [3.05, 3.63) is 80.8 Å². The number of esters is 3. The van der Waals surface area contributed by atoms with Gasteiger partial charge in [-0.3, -0.25) is 0 Å². The normalized spacial score (nSPS) is 12.8. The molecule has 0 aliphatic carbocycles. The van der Waals surface area contributed by atoms with Crippen molar-refractivity contribution in [2.24, 2.45) is 0 Å². The van der Waals surface area contributed by atoms with Gasteiger partial charge in [-0.1, -0.05) is 31.9 Å². The molecule has 0 saturated heterocycles. The van der Waals surface area contributed by atoms with E-state index in [1.165, 1.54) is 13.2 Å². The van der Waals surface area contributed by atoms with Gasteiger partial charge in [-0.15, -0.1) is 0 Å². The van der Waals surface area contributed by atoms with E-state index in [0.29, 0.717) is 11.1 Å². The Balaban J connectivity index is 2.15. The van der Waals surface area contributed by atoms with Crippen molar-refractivity contribution in [1.82, 2.24) is 0 Å². The third-order valence-corrected chi connectivity index (χ3v) is 4.84. The quantitative estimate of drug-likeness (QED) is 0.296. The van der Waals surface area contributed by atoms with Gasteiger partial charge >= 0.3 is 17.9 Å². The first kappa shape index (κ1) is 22.8. The largest absolute Gasteiger partial charge is 0.466 e. The van der Waals surface area contributed by atoms with Gasteiger partial charge in [0.25, 0.3) is 0 Å². The molecular weight excluding hydrogens is 508 g/mol. The Bertz CT molecular complexity index is 890. The topological polar surface area (TPSA) is 78.9 Å². The molecule has 0 spiro atoms. The third kappa shape index (κ3) is 7.14. The summed E-state index contributed by atoms with van der Waals surface area (Å²) in [5.41, 5.74) is 0.658. The maximum Gasteiger partial charge on any atom is 0.338 e. The van der Waals surface area contributed by atoms with Gasteiger partial charge in [-0.25, -0.2) is 14.4 Å². The van der Waals surface area contributed by atoms with Gasteiger partial charge in [0.1, 0.15) is 6.10 Å². The van der Waals surface area contributed by atoms with Crippen LogP contribution in [0.3, 0.4) is 0 Å². The Morgan fingerprint density at radius 2 is 1.28 bits per heavy atom. The van der Waals surface area contributed by atoms with Crippen LogP contribution in [0.4, 0.5) is 0 Å². The van der Waals surface area contributed by atoms with Gasteiger partial charge in [-0.2, -0.15) is 0 Å². The number of carbonyl (C=O) groups excluding carboxylic acids is 3. The highest BCUT2D eigenvalue weighted by Crippen LogP contribution is 2.16. The van der Waals surface area contributed by atoms with Crippen LogP contribution < -0.4 is 0 Å². The van der Waals surface area contributed by atoms with Crippen LogP contribution in [0.2, 0.25) is 0 Å². The standard InChI is InChI=1S/C21H18Br2O6/c1-13(28-20(25)14-3-7-16(22)8-4-14)18(11-12-19(24)27-2)29-21(26)15-5-9-17(23)10-6-15/h3-13,18H,1-2H3/b12-11+/t13-,18+/m0/s1. The van der Waals surface area contributed by atoms with Crippen molar-refractivity contribution in [3.63, 3.8) is 0 Å². The van der Waals surface area contributed by atoms with Crippen molar-refractivity contribution < 1.29 is 28.6 Å². The molecule has 0 aliphatic rings. The monoisotopic (exact) mass is 524 g/mol. The fourth-order valence-corrected chi connectivity index (χ4v) is 2.73. The highest BCUT2D eigenvalue weighted by atomic mass is 79.9. The Morgan fingerprint density at radius 3 is 1.72 bits per heavy atom. The summed E-state index contributed by atoms with van der Waals surface area (Å²) < 4.78 is 17.1. The van der Waals surface area contributed by atoms with E-state index in [4.69, 9.17) is 9.47 Å². The lowest BCUT2D eigenvalue weighted by Crippen LogP contribution is -2.32. The van der Waals surface area contributed by atoms with Crippen LogP contribution in [0, 0.1) is 0 Å². The summed E-state index contributed by atoms with van der Waals surface area (Å²) in [6.07, 6.45) is 0.585. The van der Waals surface area contributed by atoms with E-state index < -0.39 is 30.1 Å². The minimum atomic E-state index is -0.996. The van der Waals surface area contributed by atoms with Crippen LogP contribution in [-0.2, 0) is 19.0 Å². The molecule has 0 saturated carbocycles. The van der Waals surface area contributed by atoms with E-state index in [9.17, 15) is 14.4 Å². The van der Waals surface area contributed by atoms with Gasteiger partial charge in [0.05, 0.1) is 18.2 Å². The molecule has 0 amide bonds. The van der Waals surface area contributed by atoms with Crippen molar-refractivity contribution in [2.75, 3.05) is 7.11 Å². The van der Waals surface area contributed by atoms with Crippen LogP contribution in [0.1, 0.15) is 27.6 Å². The first-order valence-corrected chi connectivity index (χ1v) is 10.1. The zero-order valence-corrected chi connectivity index (χ0v) is 18.8. The van der Waals surface area contributed by atoms with Crippen LogP contribution in [0.5, 0.6) is 0 Å². The summed E-state index contributed by atoms with van der Waals surface area (Å²) in [5.74, 6) is -1.83. The second-order valence-corrected chi connectivity index (χ2v) is 7.71. The summed E-state index contributed by atoms with van der Waals surface area (Å²) in [4.78, 5) is 36.2. The predicted molar refractivity (Wildman–Crippen MR) is 114 cm³/mol. The number of benzene rings is 2. The lowest BCUT2D eigenvalue weighted by atomic mass is 10.2. The molecule has 0 aliphatic heterocycles. The highest BCUT2D eigenvalue weighted by Gasteiger charge is 2.24. The second-order valence-electron chi connectivity index (χ2n) is 5.88. The summed E-state index contributed by atoms with van der Waals surface area (Å²) in [5, 5.41) is 0. The molecule has 8 heteroatoms. The zero-order chi connectivity index (χ0) is 21.4. The Kier molecular flexibility index (Phi) is 8.60. The fourth-order valence-electron chi connectivity index (χ4n) is 2.20. The molecule has 0 N–H and O–H groups in total. The number of hydrogen-bond donors (Lipinski definition) is 0. The average Bonchev–Trinajstić information content (AvgIpc) is 2.71. The van der Waals surface area contributed by atoms with Crippen LogP contribution in [0.15, 0.2) is 69.6 Å². The van der Waals surface area contributed by atoms with Gasteiger partial charge in [0, 0.05) is 15.0 Å². The van der Waals surface area contributed by atoms with E-state index in [2.05, 4.69) is 36.6 Å². The average molecular weight is 526 g/mol. The molecule has 0 radical (unpaired) electrons. The van der Waals surface area contributed by atoms with Crippen molar-refractivity contribution in [3.8, 4) is 0 Å². The fraction of sp³-hybridized carbons (Fsp3) is 0.190. The molecule has 2 rings (SSSR count). The molecule has 2 aromatic rings. The Labute approximate surface area is 185 Å². The minimum Gasteiger partial charge on any atom is -0.466 e. The molecule has 6 nitrogen and oxygen atoms in total. The molecule has 2 atom stereocenters. The second kappa shape index (κ2) is 10.9. The molecule has 2 aromatic carbocycles. The van der Waals surface area contributed by atoms with Crippen molar-refractivity contribution in [2.45, 2.75) is 19.1 Å². The van der Waals surface area contributed by atoms with Gasteiger partial charge in [0.15, 0.2) is 6.10 Å². The molecule has 29 heavy (non-hydrogen) atoms. The Morgan fingerprint density at radius 1 is 0.828 bits per heavy atom. The number of rotatable bonds is 7. The van der Waals surface area contributed by atoms with Crippen LogP contribution in [0.25, 0.3) is 0 Å². The highest BCUT2D eigenvalue weighted by molar-refractivity contribution is 9.10. The van der Waals surface area contributed by atoms with E-state index in [1.807, 2.05) is 0 Å². The van der Waals surface area contributed by atoms with E-state index >= 15 is 0 Å². The van der Waals surface area contributed by atoms with Gasteiger partial charge < -0.3 is 14.2 Å². The smallest absolute Gasteiger partial charge is 0.338 e. The maximum atomic E-state index is 12.4. The number of ether oxygens (including phenoxy) is 3. The number of halogens is 2. The van der Waals surface area contributed by atoms with Crippen LogP contribution >= 0.6 is 31.9 Å². The van der Waals surface area contributed by atoms with Crippen molar-refractivity contribution in [1.29, 1.82) is 0 Å². The number of methoxy groups -OCH3 is 1. The molecule has 0 unspecified atom stereocenters. The molecule has 0 heterocycles. The Hall–Kier alpha value is -2.45. The summed E-state index contributed by atoms with van der Waals surface area (Å²) in [6, 6.07) is 13.2. The summed E-state index contributed by atoms with van der Waals surface area (Å²) >= 11 is 6.59. The maximum absolute atomic E-state index is 12.4. The van der Waals surface area contributed by atoms with E-state index in [0.717, 1.165) is 15.0 Å². The minimum absolute atomic E-state index is 0.316.